The molecular formula is C20H25N5O3S2. The van der Waals surface area contributed by atoms with E-state index in [1.165, 1.54) is 21.6 Å². The Morgan fingerprint density at radius 2 is 1.90 bits per heavy atom. The molecular weight excluding hydrogens is 422 g/mol. The molecule has 1 aliphatic heterocycles. The number of benzene rings is 1. The van der Waals surface area contributed by atoms with Gasteiger partial charge in [-0.15, -0.1) is 5.10 Å². The van der Waals surface area contributed by atoms with Crippen LogP contribution in [0.5, 0.6) is 0 Å². The average Bonchev–Trinajstić information content (AvgIpc) is 3.31. The number of carbonyl (C=O) groups is 1. The molecule has 0 unspecified atom stereocenters. The minimum Gasteiger partial charge on any atom is -0.339 e. The van der Waals surface area contributed by atoms with E-state index in [4.69, 9.17) is 0 Å². The summed E-state index contributed by atoms with van der Waals surface area (Å²) in [7, 11) is -3.52. The maximum atomic E-state index is 13.0. The third-order valence-corrected chi connectivity index (χ3v) is 8.80. The fraction of sp³-hybridized carbons (Fsp3) is 0.550. The molecule has 8 nitrogen and oxygen atoms in total. The molecule has 0 atom stereocenters. The maximum Gasteiger partial charge on any atom is 0.243 e. The van der Waals surface area contributed by atoms with Crippen LogP contribution >= 0.6 is 11.8 Å². The molecule has 1 amide bonds. The highest BCUT2D eigenvalue weighted by Crippen LogP contribution is 2.38. The zero-order valence-corrected chi connectivity index (χ0v) is 18.3. The van der Waals surface area contributed by atoms with Crippen molar-refractivity contribution in [2.75, 3.05) is 31.9 Å². The molecule has 1 saturated carbocycles. The third-order valence-electron chi connectivity index (χ3n) is 6.07. The summed E-state index contributed by atoms with van der Waals surface area (Å²) < 4.78 is 27.6. The molecule has 1 aromatic heterocycles. The summed E-state index contributed by atoms with van der Waals surface area (Å²) in [5.41, 5.74) is 2.41. The first-order valence-electron chi connectivity index (χ1n) is 10.5. The summed E-state index contributed by atoms with van der Waals surface area (Å²) in [6, 6.07) is 5.50. The van der Waals surface area contributed by atoms with Gasteiger partial charge in [-0.25, -0.2) is 13.4 Å². The second-order valence-corrected chi connectivity index (χ2v) is 11.0. The van der Waals surface area contributed by atoms with Crippen molar-refractivity contribution in [1.82, 2.24) is 24.4 Å². The normalized spacial score (nSPS) is 19.8. The summed E-state index contributed by atoms with van der Waals surface area (Å²) in [5.74, 6) is 1.67. The van der Waals surface area contributed by atoms with Crippen LogP contribution in [0, 0.1) is 0 Å². The van der Waals surface area contributed by atoms with E-state index >= 15 is 0 Å². The number of nitrogens with zero attached hydrogens (tertiary/aromatic N) is 4. The quantitative estimate of drug-likeness (QED) is 0.678. The molecule has 160 valence electrons. The second-order valence-electron chi connectivity index (χ2n) is 8.14. The number of rotatable bonds is 6. The van der Waals surface area contributed by atoms with Gasteiger partial charge in [0.1, 0.15) is 5.82 Å². The number of H-pyrrole nitrogens is 1. The number of aromatic nitrogens is 3. The van der Waals surface area contributed by atoms with Crippen molar-refractivity contribution in [2.24, 2.45) is 0 Å². The van der Waals surface area contributed by atoms with E-state index < -0.39 is 10.0 Å². The number of fused-ring (bicyclic) bond motifs is 1. The van der Waals surface area contributed by atoms with Crippen molar-refractivity contribution < 1.29 is 13.2 Å². The Balaban J connectivity index is 1.15. The lowest BCUT2D eigenvalue weighted by Gasteiger charge is -2.34. The zero-order valence-electron chi connectivity index (χ0n) is 16.7. The van der Waals surface area contributed by atoms with E-state index in [0.717, 1.165) is 43.5 Å². The van der Waals surface area contributed by atoms with Crippen LogP contribution in [0.15, 0.2) is 28.3 Å². The summed E-state index contributed by atoms with van der Waals surface area (Å²) in [4.78, 5) is 19.1. The van der Waals surface area contributed by atoms with Gasteiger partial charge in [0.15, 0.2) is 0 Å². The number of piperazine rings is 1. The van der Waals surface area contributed by atoms with E-state index in [2.05, 4.69) is 15.2 Å². The minimum absolute atomic E-state index is 0.00708. The van der Waals surface area contributed by atoms with Crippen LogP contribution in [0.2, 0.25) is 0 Å². The SMILES string of the molecule is O=C(CSc1n[nH]c(C2CC2)n1)N1CCN(S(=O)(=O)c2ccc3c(c2)CCC3)CC1. The summed E-state index contributed by atoms with van der Waals surface area (Å²) in [6.45, 7) is 1.46. The predicted molar refractivity (Wildman–Crippen MR) is 113 cm³/mol. The molecule has 5 rings (SSSR count). The molecule has 2 aliphatic carbocycles. The monoisotopic (exact) mass is 447 g/mol. The topological polar surface area (TPSA) is 99.3 Å². The molecule has 2 aromatic rings. The molecule has 1 saturated heterocycles. The summed E-state index contributed by atoms with van der Waals surface area (Å²) >= 11 is 1.33. The van der Waals surface area contributed by atoms with Crippen LogP contribution in [-0.4, -0.2) is 70.6 Å². The first kappa shape index (κ1) is 20.0. The number of nitrogens with one attached hydrogen (secondary N) is 1. The molecule has 3 aliphatic rings. The Bertz CT molecular complexity index is 1060. The molecule has 1 aromatic carbocycles. The third kappa shape index (κ3) is 4.00. The standard InChI is InChI=1S/C20H25N5O3S2/c26-18(13-29-20-21-19(22-23-20)15-4-5-15)24-8-10-25(11-9-24)30(27,28)17-7-6-14-2-1-3-16(14)12-17/h6-7,12,15H,1-5,8-11,13H2,(H,21,22,23). The van der Waals surface area contributed by atoms with E-state index in [9.17, 15) is 13.2 Å². The smallest absolute Gasteiger partial charge is 0.243 e. The van der Waals surface area contributed by atoms with E-state index in [-0.39, 0.29) is 11.7 Å². The van der Waals surface area contributed by atoms with Gasteiger partial charge in [0, 0.05) is 32.1 Å². The molecule has 2 heterocycles. The predicted octanol–water partition coefficient (Wildman–Crippen LogP) is 1.80. The number of hydrogen-bond donors (Lipinski definition) is 1. The first-order valence-corrected chi connectivity index (χ1v) is 12.9. The van der Waals surface area contributed by atoms with Gasteiger partial charge < -0.3 is 4.90 Å². The van der Waals surface area contributed by atoms with Gasteiger partial charge in [0.2, 0.25) is 21.1 Å². The molecule has 2 fully saturated rings. The highest BCUT2D eigenvalue weighted by Gasteiger charge is 2.31. The highest BCUT2D eigenvalue weighted by molar-refractivity contribution is 7.99. The van der Waals surface area contributed by atoms with Gasteiger partial charge in [-0.05, 0) is 55.4 Å². The number of thioether (sulfide) groups is 1. The van der Waals surface area contributed by atoms with Crippen LogP contribution in [0.1, 0.15) is 42.1 Å². The molecule has 1 N–H and O–H groups in total. The van der Waals surface area contributed by atoms with Gasteiger partial charge in [0.05, 0.1) is 10.6 Å². The fourth-order valence-electron chi connectivity index (χ4n) is 4.12. The Labute approximate surface area is 180 Å². The first-order chi connectivity index (χ1) is 14.5. The zero-order chi connectivity index (χ0) is 20.7. The average molecular weight is 448 g/mol. The van der Waals surface area contributed by atoms with E-state index in [1.807, 2.05) is 12.1 Å². The van der Waals surface area contributed by atoms with Crippen molar-refractivity contribution in [2.45, 2.75) is 48.1 Å². The molecule has 0 radical (unpaired) electrons. The van der Waals surface area contributed by atoms with Crippen LogP contribution in [0.3, 0.4) is 0 Å². The lowest BCUT2D eigenvalue weighted by atomic mass is 10.1. The Kier molecular flexibility index (Phi) is 5.32. The number of hydrogen-bond acceptors (Lipinski definition) is 6. The van der Waals surface area contributed by atoms with Gasteiger partial charge in [0.25, 0.3) is 0 Å². The van der Waals surface area contributed by atoms with Crippen LogP contribution in [0.4, 0.5) is 0 Å². The van der Waals surface area contributed by atoms with Gasteiger partial charge in [-0.3, -0.25) is 9.89 Å². The molecule has 0 bridgehead atoms. The minimum atomic E-state index is -3.52. The second kappa shape index (κ2) is 7.97. The van der Waals surface area contributed by atoms with Crippen LogP contribution in [-0.2, 0) is 27.7 Å². The number of aryl methyl sites for hydroxylation is 2. The lowest BCUT2D eigenvalue weighted by molar-refractivity contribution is -0.129. The van der Waals surface area contributed by atoms with Gasteiger partial charge in [-0.1, -0.05) is 17.8 Å². The van der Waals surface area contributed by atoms with Gasteiger partial charge in [-0.2, -0.15) is 4.31 Å². The van der Waals surface area contributed by atoms with Gasteiger partial charge >= 0.3 is 0 Å². The van der Waals surface area contributed by atoms with Crippen molar-refractivity contribution in [3.8, 4) is 0 Å². The largest absolute Gasteiger partial charge is 0.339 e. The molecule has 10 heteroatoms. The lowest BCUT2D eigenvalue weighted by Crippen LogP contribution is -2.51. The number of sulfonamides is 1. The Morgan fingerprint density at radius 3 is 2.67 bits per heavy atom. The summed E-state index contributed by atoms with van der Waals surface area (Å²) in [6.07, 6.45) is 5.37. The van der Waals surface area contributed by atoms with Crippen LogP contribution < -0.4 is 0 Å². The maximum absolute atomic E-state index is 13.0. The fourth-order valence-corrected chi connectivity index (χ4v) is 6.30. The summed E-state index contributed by atoms with van der Waals surface area (Å²) in [5, 5.41) is 7.71. The molecule has 30 heavy (non-hydrogen) atoms. The van der Waals surface area contributed by atoms with E-state index in [1.54, 1.807) is 11.0 Å². The number of amides is 1. The van der Waals surface area contributed by atoms with Crippen LogP contribution in [0.25, 0.3) is 0 Å². The number of aromatic amines is 1. The van der Waals surface area contributed by atoms with E-state index in [0.29, 0.717) is 42.1 Å². The molecule has 0 spiro atoms. The van der Waals surface area contributed by atoms with Crippen molar-refractivity contribution in [3.63, 3.8) is 0 Å². The van der Waals surface area contributed by atoms with Crippen molar-refractivity contribution in [1.29, 1.82) is 0 Å². The van der Waals surface area contributed by atoms with Crippen molar-refractivity contribution >= 4 is 27.7 Å². The number of carbonyl (C=O) groups excluding carboxylic acids is 1. The Morgan fingerprint density at radius 1 is 1.13 bits per heavy atom. The Hall–Kier alpha value is -1.91. The van der Waals surface area contributed by atoms with Crippen molar-refractivity contribution in [3.05, 3.63) is 35.2 Å². The highest BCUT2D eigenvalue weighted by atomic mass is 32.2.